The first-order chi connectivity index (χ1) is 5.20. The topological polar surface area (TPSA) is 82.3 Å². The summed E-state index contributed by atoms with van der Waals surface area (Å²) < 4.78 is 24.1. The molecule has 3 unspecified atom stereocenters. The van der Waals surface area contributed by atoms with Crippen LogP contribution >= 0.6 is 0 Å². The molecule has 1 aliphatic carbocycles. The van der Waals surface area contributed by atoms with E-state index in [4.69, 9.17) is 13.3 Å². The number of rotatable bonds is 0. The molecule has 0 amide bonds. The fraction of sp³-hybridized carbons (Fsp3) is 1.00. The zero-order valence-corrected chi connectivity index (χ0v) is 6.97. The van der Waals surface area contributed by atoms with Crippen molar-refractivity contribution in [2.45, 2.75) is 37.8 Å². The van der Waals surface area contributed by atoms with E-state index >= 15 is 0 Å². The molecule has 11 heavy (non-hydrogen) atoms. The molecular weight excluding hydrogens is 166 g/mol. The molecule has 2 N–H and O–H groups in total. The van der Waals surface area contributed by atoms with Gasteiger partial charge >= 0.3 is 0 Å². The number of hydrogen-bond donors (Lipinski definition) is 2. The van der Waals surface area contributed by atoms with Crippen LogP contribution in [0.25, 0.3) is 0 Å². The first-order valence-electron chi connectivity index (χ1n) is 3.74. The summed E-state index contributed by atoms with van der Waals surface area (Å²) in [6, 6.07) is 1.91. The second-order valence-corrected chi connectivity index (χ2v) is 3.32. The largest absolute Gasteiger partial charge is 0.750 e. The van der Waals surface area contributed by atoms with Gasteiger partial charge in [-0.05, 0) is 12.8 Å². The molecule has 0 radical (unpaired) electrons. The van der Waals surface area contributed by atoms with Crippen LogP contribution in [0.5, 0.6) is 0 Å². The second-order valence-electron chi connectivity index (χ2n) is 2.88. The molecule has 1 saturated carbocycles. The summed E-state index contributed by atoms with van der Waals surface area (Å²) in [7, 11) is 0. The van der Waals surface area contributed by atoms with Crippen LogP contribution in [0.1, 0.15) is 25.7 Å². The van der Waals surface area contributed by atoms with Gasteiger partial charge in [-0.2, -0.15) is 0 Å². The van der Waals surface area contributed by atoms with Crippen LogP contribution in [0.3, 0.4) is 0 Å². The first kappa shape index (κ1) is 9.12. The van der Waals surface area contributed by atoms with E-state index < -0.39 is 11.4 Å². The number of fused-ring (bicyclic) bond motifs is 1. The Hall–Kier alpha value is 0.0300. The van der Waals surface area contributed by atoms with Gasteiger partial charge in [0.2, 0.25) is 0 Å². The molecule has 5 heteroatoms. The Kier molecular flexibility index (Phi) is 3.45. The van der Waals surface area contributed by atoms with Gasteiger partial charge in [0.25, 0.3) is 0 Å². The van der Waals surface area contributed by atoms with Gasteiger partial charge in [0.1, 0.15) is 0 Å². The summed E-state index contributed by atoms with van der Waals surface area (Å²) in [6.07, 6.45) is 5.83. The third-order valence-corrected chi connectivity index (χ3v) is 2.08. The summed E-state index contributed by atoms with van der Waals surface area (Å²) in [5.74, 6) is 0. The zero-order chi connectivity index (χ0) is 8.27. The third kappa shape index (κ3) is 3.81. The van der Waals surface area contributed by atoms with E-state index in [1.807, 2.05) is 0 Å². The average Bonchev–Trinajstić information content (AvgIpc) is 2.62. The van der Waals surface area contributed by atoms with E-state index in [1.54, 1.807) is 0 Å². The summed E-state index contributed by atoms with van der Waals surface area (Å²) in [5, 5.41) is 3.43. The first-order valence-corrected chi connectivity index (χ1v) is 4.77. The average molecular weight is 178 g/mol. The molecule has 0 spiro atoms. The summed E-state index contributed by atoms with van der Waals surface area (Å²) in [6.45, 7) is 0. The van der Waals surface area contributed by atoms with Crippen molar-refractivity contribution in [3.63, 3.8) is 0 Å². The molecule has 2 rings (SSSR count). The van der Waals surface area contributed by atoms with Crippen LogP contribution in [0.2, 0.25) is 0 Å². The van der Waals surface area contributed by atoms with Gasteiger partial charge in [-0.25, -0.2) is 4.21 Å². The fourth-order valence-corrected chi connectivity index (χ4v) is 1.52. The molecule has 0 aromatic rings. The van der Waals surface area contributed by atoms with E-state index in [0.717, 1.165) is 12.1 Å². The van der Waals surface area contributed by atoms with Gasteiger partial charge in [-0.1, -0.05) is 12.8 Å². The third-order valence-electron chi connectivity index (χ3n) is 2.08. The van der Waals surface area contributed by atoms with Gasteiger partial charge in [-0.3, -0.25) is 0 Å². The molecule has 4 nitrogen and oxygen atoms in total. The van der Waals surface area contributed by atoms with Crippen molar-refractivity contribution in [2.24, 2.45) is 0 Å². The Bertz CT molecular complexity index is 139. The summed E-state index contributed by atoms with van der Waals surface area (Å²) in [4.78, 5) is 0. The van der Waals surface area contributed by atoms with Crippen molar-refractivity contribution in [1.82, 2.24) is 5.32 Å². The Labute approximate surface area is 68.5 Å². The van der Waals surface area contributed by atoms with E-state index in [1.165, 1.54) is 25.7 Å². The van der Waals surface area contributed by atoms with E-state index in [0.29, 0.717) is 0 Å². The molecule has 1 saturated heterocycles. The minimum Gasteiger partial charge on any atom is -0.750 e. The normalized spacial score (nSPS) is 36.2. The second kappa shape index (κ2) is 4.15. The maximum atomic E-state index is 8.56. The molecule has 2 aliphatic rings. The predicted molar refractivity (Wildman–Crippen MR) is 40.7 cm³/mol. The lowest BCUT2D eigenvalue weighted by Gasteiger charge is -2.02. The van der Waals surface area contributed by atoms with E-state index in [9.17, 15) is 0 Å². The van der Waals surface area contributed by atoms with Gasteiger partial charge < -0.3 is 14.4 Å². The lowest BCUT2D eigenvalue weighted by Crippen LogP contribution is -2.00. The predicted octanol–water partition coefficient (Wildman–Crippen LogP) is 0.239. The maximum absolute atomic E-state index is 8.56. The minimum absolute atomic E-state index is 0.953. The van der Waals surface area contributed by atoms with E-state index in [2.05, 4.69) is 5.32 Å². The standard InChI is InChI=1S/C6H11N.H2O3S/c1-2-4-6-5(3-1)7-6;1-4(2)3/h5-7H,1-4H2;(H2,1,2,3)/p-1. The highest BCUT2D eigenvalue weighted by molar-refractivity contribution is 7.73. The quantitative estimate of drug-likeness (QED) is 0.411. The molecule has 2 fully saturated rings. The minimum atomic E-state index is -2.86. The number of hydrogen-bond acceptors (Lipinski definition) is 3. The number of nitrogens with one attached hydrogen (secondary N) is 1. The highest BCUT2D eigenvalue weighted by Crippen LogP contribution is 2.28. The van der Waals surface area contributed by atoms with E-state index in [-0.39, 0.29) is 0 Å². The lowest BCUT2D eigenvalue weighted by atomic mass is 10.0. The smallest absolute Gasteiger partial charge is 0.0814 e. The van der Waals surface area contributed by atoms with Crippen LogP contribution in [0.4, 0.5) is 0 Å². The van der Waals surface area contributed by atoms with Crippen LogP contribution in [-0.2, 0) is 11.4 Å². The molecule has 1 heterocycles. The van der Waals surface area contributed by atoms with Crippen molar-refractivity contribution in [2.75, 3.05) is 0 Å². The Balaban J connectivity index is 0.000000134. The maximum Gasteiger partial charge on any atom is 0.0814 e. The molecule has 0 aromatic heterocycles. The highest BCUT2D eigenvalue weighted by Gasteiger charge is 2.37. The van der Waals surface area contributed by atoms with Crippen LogP contribution in [0, 0.1) is 0 Å². The van der Waals surface area contributed by atoms with Gasteiger partial charge in [0.05, 0.1) is 11.4 Å². The Morgan fingerprint density at radius 2 is 1.73 bits per heavy atom. The van der Waals surface area contributed by atoms with Gasteiger partial charge in [0.15, 0.2) is 0 Å². The summed E-state index contributed by atoms with van der Waals surface area (Å²) in [5.41, 5.74) is 0. The Morgan fingerprint density at radius 3 is 2.00 bits per heavy atom. The van der Waals surface area contributed by atoms with Gasteiger partial charge in [-0.15, -0.1) is 0 Å². The highest BCUT2D eigenvalue weighted by atomic mass is 32.2. The van der Waals surface area contributed by atoms with Gasteiger partial charge in [0, 0.05) is 12.1 Å². The van der Waals surface area contributed by atoms with Crippen molar-refractivity contribution in [3.8, 4) is 0 Å². The molecule has 66 valence electrons. The van der Waals surface area contributed by atoms with Crippen LogP contribution in [0.15, 0.2) is 0 Å². The Morgan fingerprint density at radius 1 is 1.36 bits per heavy atom. The van der Waals surface area contributed by atoms with Crippen molar-refractivity contribution in [3.05, 3.63) is 0 Å². The van der Waals surface area contributed by atoms with Crippen molar-refractivity contribution in [1.29, 1.82) is 0 Å². The summed E-state index contributed by atoms with van der Waals surface area (Å²) >= 11 is -2.86. The molecular formula is C6H12NO3S-. The molecule has 1 aliphatic heterocycles. The van der Waals surface area contributed by atoms with Crippen LogP contribution < -0.4 is 5.32 Å². The van der Waals surface area contributed by atoms with Crippen LogP contribution in [-0.4, -0.2) is 25.4 Å². The molecule has 3 atom stereocenters. The monoisotopic (exact) mass is 178 g/mol. The SMILES string of the molecule is C1CCC2NC2C1.O=S([O-])O. The van der Waals surface area contributed by atoms with Crippen molar-refractivity contribution >= 4 is 11.4 Å². The zero-order valence-electron chi connectivity index (χ0n) is 6.16. The molecule has 0 bridgehead atoms. The molecule has 0 aromatic carbocycles. The van der Waals surface area contributed by atoms with Crippen molar-refractivity contribution < 1.29 is 13.3 Å². The lowest BCUT2D eigenvalue weighted by molar-refractivity contribution is 0.436. The fourth-order valence-electron chi connectivity index (χ4n) is 1.52.